The molecule has 10 heteroatoms. The Morgan fingerprint density at radius 3 is 2.23 bits per heavy atom. The minimum absolute atomic E-state index is 0.0573. The van der Waals surface area contributed by atoms with Gasteiger partial charge in [-0.2, -0.15) is 0 Å². The average Bonchev–Trinajstić information content (AvgIpc) is 3.64. The molecule has 10 nitrogen and oxygen atoms in total. The van der Waals surface area contributed by atoms with Crippen LogP contribution in [0.2, 0.25) is 0 Å². The quantitative estimate of drug-likeness (QED) is 0.195. The van der Waals surface area contributed by atoms with Gasteiger partial charge in [-0.3, -0.25) is 9.78 Å². The topological polar surface area (TPSA) is 129 Å². The SMILES string of the molecule is CCOc1cc(C(=O)O)cc(OCC)c1-n1cc(-c2ccc(C(=O)NC3CC3)cc2)c2ncc(-c3c(C)noc3C)cc21. The molecule has 1 amide bonds. The third-order valence-electron chi connectivity index (χ3n) is 7.46. The molecule has 2 N–H and O–H groups in total. The third kappa shape index (κ3) is 5.31. The first-order chi connectivity index (χ1) is 20.8. The molecule has 0 saturated heterocycles. The Morgan fingerprint density at radius 1 is 1.00 bits per heavy atom. The molecule has 1 saturated carbocycles. The fraction of sp³-hybridized carbons (Fsp3) is 0.273. The lowest BCUT2D eigenvalue weighted by molar-refractivity contribution is 0.0695. The van der Waals surface area contributed by atoms with Crippen LogP contribution in [0.3, 0.4) is 0 Å². The van der Waals surface area contributed by atoms with Gasteiger partial charge in [0.15, 0.2) is 0 Å². The van der Waals surface area contributed by atoms with Crippen molar-refractivity contribution in [2.75, 3.05) is 13.2 Å². The maximum atomic E-state index is 12.6. The van der Waals surface area contributed by atoms with Gasteiger partial charge < -0.3 is 29.0 Å². The lowest BCUT2D eigenvalue weighted by Gasteiger charge is -2.18. The van der Waals surface area contributed by atoms with E-state index in [0.717, 1.165) is 46.3 Å². The van der Waals surface area contributed by atoms with Crippen LogP contribution >= 0.6 is 0 Å². The molecule has 3 aromatic heterocycles. The molecule has 1 fully saturated rings. The van der Waals surface area contributed by atoms with E-state index < -0.39 is 5.97 Å². The highest BCUT2D eigenvalue weighted by molar-refractivity contribution is 5.99. The van der Waals surface area contributed by atoms with Crippen LogP contribution in [0, 0.1) is 13.8 Å². The van der Waals surface area contributed by atoms with Gasteiger partial charge in [0.2, 0.25) is 0 Å². The molecule has 0 radical (unpaired) electrons. The summed E-state index contributed by atoms with van der Waals surface area (Å²) in [6.07, 6.45) is 5.77. The molecular weight excluding hydrogens is 548 g/mol. The molecule has 220 valence electrons. The first-order valence-electron chi connectivity index (χ1n) is 14.3. The second-order valence-electron chi connectivity index (χ2n) is 10.5. The summed E-state index contributed by atoms with van der Waals surface area (Å²) in [5, 5.41) is 16.9. The van der Waals surface area contributed by atoms with E-state index >= 15 is 0 Å². The summed E-state index contributed by atoms with van der Waals surface area (Å²) < 4.78 is 19.4. The number of pyridine rings is 1. The summed E-state index contributed by atoms with van der Waals surface area (Å²) in [7, 11) is 0. The highest BCUT2D eigenvalue weighted by Gasteiger charge is 2.25. The summed E-state index contributed by atoms with van der Waals surface area (Å²) in [6.45, 7) is 8.06. The van der Waals surface area contributed by atoms with Gasteiger partial charge in [-0.25, -0.2) is 4.79 Å². The molecule has 6 rings (SSSR count). The first kappa shape index (κ1) is 28.0. The van der Waals surface area contributed by atoms with Crippen LogP contribution in [0.25, 0.3) is 39.0 Å². The summed E-state index contributed by atoms with van der Waals surface area (Å²) in [5.41, 5.74) is 6.76. The minimum atomic E-state index is -1.08. The van der Waals surface area contributed by atoms with Crippen molar-refractivity contribution in [1.29, 1.82) is 0 Å². The van der Waals surface area contributed by atoms with Crippen LogP contribution in [0.1, 0.15) is 58.9 Å². The van der Waals surface area contributed by atoms with Gasteiger partial charge in [0.25, 0.3) is 5.91 Å². The molecule has 0 bridgehead atoms. The number of rotatable bonds is 10. The van der Waals surface area contributed by atoms with Crippen molar-refractivity contribution in [2.24, 2.45) is 0 Å². The van der Waals surface area contributed by atoms with Crippen molar-refractivity contribution in [1.82, 2.24) is 20.0 Å². The number of carbonyl (C=O) groups excluding carboxylic acids is 1. The lowest BCUT2D eigenvalue weighted by atomic mass is 10.0. The van der Waals surface area contributed by atoms with Gasteiger partial charge in [-0.05, 0) is 76.4 Å². The van der Waals surface area contributed by atoms with Gasteiger partial charge >= 0.3 is 5.97 Å². The number of ether oxygens (including phenoxy) is 2. The number of carboxylic acid groups (broad SMARTS) is 1. The van der Waals surface area contributed by atoms with E-state index in [-0.39, 0.29) is 17.5 Å². The highest BCUT2D eigenvalue weighted by atomic mass is 16.5. The Morgan fingerprint density at radius 2 is 1.67 bits per heavy atom. The first-order valence-corrected chi connectivity index (χ1v) is 14.3. The Balaban J connectivity index is 1.58. The van der Waals surface area contributed by atoms with Crippen molar-refractivity contribution in [2.45, 2.75) is 46.6 Å². The molecule has 43 heavy (non-hydrogen) atoms. The molecule has 0 unspecified atom stereocenters. The fourth-order valence-corrected chi connectivity index (χ4v) is 5.30. The molecular formula is C33H32N4O6. The molecule has 1 aliphatic carbocycles. The summed E-state index contributed by atoms with van der Waals surface area (Å²) in [5.74, 6) is 0.237. The normalized spacial score (nSPS) is 12.8. The van der Waals surface area contributed by atoms with Gasteiger partial charge in [0.1, 0.15) is 22.9 Å². The number of amides is 1. The summed E-state index contributed by atoms with van der Waals surface area (Å²) >= 11 is 0. The van der Waals surface area contributed by atoms with Gasteiger partial charge in [-0.1, -0.05) is 17.3 Å². The zero-order chi connectivity index (χ0) is 30.2. The van der Waals surface area contributed by atoms with E-state index in [1.807, 2.05) is 68.8 Å². The number of aryl methyl sites for hydroxylation is 2. The highest BCUT2D eigenvalue weighted by Crippen LogP contribution is 2.41. The van der Waals surface area contributed by atoms with Crippen LogP contribution < -0.4 is 14.8 Å². The number of hydrogen-bond donors (Lipinski definition) is 2. The zero-order valence-corrected chi connectivity index (χ0v) is 24.4. The number of hydrogen-bond acceptors (Lipinski definition) is 7. The Bertz CT molecular complexity index is 1800. The third-order valence-corrected chi connectivity index (χ3v) is 7.46. The van der Waals surface area contributed by atoms with Crippen molar-refractivity contribution in [3.05, 3.63) is 77.4 Å². The Labute approximate surface area is 248 Å². The van der Waals surface area contributed by atoms with Crippen LogP contribution in [0.15, 0.2) is 59.4 Å². The molecule has 5 aromatic rings. The van der Waals surface area contributed by atoms with E-state index in [0.29, 0.717) is 47.2 Å². The Hall–Kier alpha value is -5.12. The second-order valence-corrected chi connectivity index (χ2v) is 10.5. The van der Waals surface area contributed by atoms with Gasteiger partial charge in [0, 0.05) is 40.7 Å². The van der Waals surface area contributed by atoms with Crippen LogP contribution in [-0.4, -0.2) is 50.9 Å². The molecule has 2 aromatic carbocycles. The molecule has 1 aliphatic rings. The monoisotopic (exact) mass is 580 g/mol. The number of carboxylic acids is 1. The largest absolute Gasteiger partial charge is 0.492 e. The van der Waals surface area contributed by atoms with E-state index in [9.17, 15) is 14.7 Å². The lowest BCUT2D eigenvalue weighted by Crippen LogP contribution is -2.25. The van der Waals surface area contributed by atoms with Crippen molar-refractivity contribution < 1.29 is 28.7 Å². The molecule has 0 spiro atoms. The summed E-state index contributed by atoms with van der Waals surface area (Å²) in [6, 6.07) is 12.7. The second kappa shape index (κ2) is 11.3. The standard InChI is InChI=1S/C33H32N4O6/c1-5-41-27-14-22(33(39)40)15-28(42-6-2)31(27)37-17-25(20-7-9-21(10-8-20)32(38)35-24-11-12-24)30-26(37)13-23(16-34-30)29-18(3)36-43-19(29)4/h7-10,13-17,24H,5-6,11-12H2,1-4H3,(H,35,38)(H,39,40). The predicted octanol–water partition coefficient (Wildman–Crippen LogP) is 6.35. The average molecular weight is 581 g/mol. The maximum absolute atomic E-state index is 12.6. The molecule has 3 heterocycles. The maximum Gasteiger partial charge on any atom is 0.335 e. The van der Waals surface area contributed by atoms with Crippen molar-refractivity contribution >= 4 is 22.9 Å². The van der Waals surface area contributed by atoms with E-state index in [2.05, 4.69) is 10.5 Å². The van der Waals surface area contributed by atoms with E-state index in [4.69, 9.17) is 19.0 Å². The van der Waals surface area contributed by atoms with Crippen molar-refractivity contribution in [3.8, 4) is 39.4 Å². The smallest absolute Gasteiger partial charge is 0.335 e. The predicted molar refractivity (Wildman–Crippen MR) is 161 cm³/mol. The van der Waals surface area contributed by atoms with Gasteiger partial charge in [-0.15, -0.1) is 0 Å². The zero-order valence-electron chi connectivity index (χ0n) is 24.4. The fourth-order valence-electron chi connectivity index (χ4n) is 5.30. The van der Waals surface area contributed by atoms with Crippen LogP contribution in [0.5, 0.6) is 11.5 Å². The van der Waals surface area contributed by atoms with Crippen molar-refractivity contribution in [3.63, 3.8) is 0 Å². The number of benzene rings is 2. The molecule has 0 atom stereocenters. The van der Waals surface area contributed by atoms with Crippen LogP contribution in [-0.2, 0) is 0 Å². The number of nitrogens with zero attached hydrogens (tertiary/aromatic N) is 3. The minimum Gasteiger partial charge on any atom is -0.492 e. The number of nitrogens with one attached hydrogen (secondary N) is 1. The Kier molecular flexibility index (Phi) is 7.35. The summed E-state index contributed by atoms with van der Waals surface area (Å²) in [4.78, 5) is 29.5. The van der Waals surface area contributed by atoms with E-state index in [1.54, 1.807) is 6.20 Å². The number of carbonyl (C=O) groups is 2. The molecule has 0 aliphatic heterocycles. The van der Waals surface area contributed by atoms with E-state index in [1.165, 1.54) is 12.1 Å². The number of aromatic carboxylic acids is 1. The number of fused-ring (bicyclic) bond motifs is 1. The van der Waals surface area contributed by atoms with Gasteiger partial charge in [0.05, 0.1) is 35.5 Å². The van der Waals surface area contributed by atoms with Crippen LogP contribution in [0.4, 0.5) is 0 Å². The number of aromatic nitrogens is 3.